The second-order valence-electron chi connectivity index (χ2n) is 4.54. The predicted molar refractivity (Wildman–Crippen MR) is 66.7 cm³/mol. The first-order valence-corrected chi connectivity index (χ1v) is 6.07. The van der Waals surface area contributed by atoms with Gasteiger partial charge >= 0.3 is 0 Å². The van der Waals surface area contributed by atoms with Crippen molar-refractivity contribution < 1.29 is 4.92 Å². The number of hydrogen-bond donors (Lipinski definition) is 1. The Labute approximate surface area is 106 Å². The Balaban J connectivity index is 2.02. The summed E-state index contributed by atoms with van der Waals surface area (Å²) in [5, 5.41) is 23.1. The van der Waals surface area contributed by atoms with Crippen molar-refractivity contribution in [3.8, 4) is 6.07 Å². The highest BCUT2D eigenvalue weighted by Crippen LogP contribution is 2.26. The fourth-order valence-electron chi connectivity index (χ4n) is 2.44. The molecular weight excluding hydrogens is 230 g/mol. The molecule has 0 amide bonds. The predicted octanol–water partition coefficient (Wildman–Crippen LogP) is 2.38. The zero-order valence-electron chi connectivity index (χ0n) is 10.0. The Morgan fingerprint density at radius 1 is 1.44 bits per heavy atom. The number of rotatable bonds is 4. The molecule has 5 heteroatoms. The van der Waals surface area contributed by atoms with Crippen molar-refractivity contribution in [3.05, 3.63) is 39.9 Å². The molecular formula is C13H15N3O2. The first-order chi connectivity index (χ1) is 8.72. The molecule has 1 aliphatic rings. The standard InChI is InChI=1S/C13H15N3O2/c14-8-10-5-3-6-12(10)15-9-11-4-1-2-7-13(11)16(17)18/h1-2,4,7,10,12,15H,3,5-6,9H2. The van der Waals surface area contributed by atoms with Crippen LogP contribution >= 0.6 is 0 Å². The van der Waals surface area contributed by atoms with E-state index in [1.165, 1.54) is 6.07 Å². The molecule has 0 bridgehead atoms. The minimum absolute atomic E-state index is 0.0350. The zero-order valence-corrected chi connectivity index (χ0v) is 10.0. The SMILES string of the molecule is N#CC1CCCC1NCc1ccccc1[N+](=O)[O-]. The Morgan fingerprint density at radius 3 is 2.94 bits per heavy atom. The lowest BCUT2D eigenvalue weighted by Crippen LogP contribution is -2.31. The second-order valence-corrected chi connectivity index (χ2v) is 4.54. The number of para-hydroxylation sites is 1. The van der Waals surface area contributed by atoms with Crippen molar-refractivity contribution in [3.63, 3.8) is 0 Å². The summed E-state index contributed by atoms with van der Waals surface area (Å²) < 4.78 is 0. The van der Waals surface area contributed by atoms with Gasteiger partial charge in [-0.25, -0.2) is 0 Å². The topological polar surface area (TPSA) is 79.0 Å². The molecule has 0 radical (unpaired) electrons. The minimum atomic E-state index is -0.368. The van der Waals surface area contributed by atoms with Crippen molar-refractivity contribution in [2.75, 3.05) is 0 Å². The largest absolute Gasteiger partial charge is 0.308 e. The summed E-state index contributed by atoms with van der Waals surface area (Å²) in [5.41, 5.74) is 0.808. The second kappa shape index (κ2) is 5.61. The van der Waals surface area contributed by atoms with E-state index < -0.39 is 0 Å². The maximum atomic E-state index is 10.9. The van der Waals surface area contributed by atoms with E-state index in [0.29, 0.717) is 12.1 Å². The summed E-state index contributed by atoms with van der Waals surface area (Å²) in [7, 11) is 0. The summed E-state index contributed by atoms with van der Waals surface area (Å²) >= 11 is 0. The average Bonchev–Trinajstić information content (AvgIpc) is 2.84. The molecule has 2 unspecified atom stereocenters. The molecule has 18 heavy (non-hydrogen) atoms. The number of nitrogens with one attached hydrogen (secondary N) is 1. The third-order valence-corrected chi connectivity index (χ3v) is 3.42. The van der Waals surface area contributed by atoms with Gasteiger partial charge in [0.2, 0.25) is 0 Å². The van der Waals surface area contributed by atoms with Crippen LogP contribution < -0.4 is 5.32 Å². The van der Waals surface area contributed by atoms with Crippen molar-refractivity contribution >= 4 is 5.69 Å². The van der Waals surface area contributed by atoms with E-state index in [-0.39, 0.29) is 22.6 Å². The van der Waals surface area contributed by atoms with Crippen LogP contribution in [0.15, 0.2) is 24.3 Å². The first-order valence-electron chi connectivity index (χ1n) is 6.07. The van der Waals surface area contributed by atoms with Gasteiger partial charge in [-0.2, -0.15) is 5.26 Å². The van der Waals surface area contributed by atoms with Gasteiger partial charge in [0, 0.05) is 24.2 Å². The van der Waals surface area contributed by atoms with E-state index >= 15 is 0 Å². The number of nitriles is 1. The molecule has 5 nitrogen and oxygen atoms in total. The van der Waals surface area contributed by atoms with E-state index in [0.717, 1.165) is 19.3 Å². The van der Waals surface area contributed by atoms with Gasteiger partial charge in [-0.05, 0) is 12.8 Å². The van der Waals surface area contributed by atoms with Gasteiger partial charge < -0.3 is 5.32 Å². The van der Waals surface area contributed by atoms with Gasteiger partial charge in [-0.1, -0.05) is 24.6 Å². The molecule has 1 aromatic carbocycles. The highest BCUT2D eigenvalue weighted by molar-refractivity contribution is 5.39. The van der Waals surface area contributed by atoms with E-state index in [2.05, 4.69) is 11.4 Å². The van der Waals surface area contributed by atoms with E-state index in [1.807, 2.05) is 0 Å². The van der Waals surface area contributed by atoms with Crippen LogP contribution in [0, 0.1) is 27.4 Å². The van der Waals surface area contributed by atoms with Crippen LogP contribution in [-0.4, -0.2) is 11.0 Å². The van der Waals surface area contributed by atoms with Gasteiger partial charge in [0.15, 0.2) is 0 Å². The van der Waals surface area contributed by atoms with E-state index in [1.54, 1.807) is 18.2 Å². The third kappa shape index (κ3) is 2.66. The van der Waals surface area contributed by atoms with E-state index in [4.69, 9.17) is 5.26 Å². The first kappa shape index (κ1) is 12.5. The van der Waals surface area contributed by atoms with Crippen molar-refractivity contribution in [1.29, 1.82) is 5.26 Å². The Morgan fingerprint density at radius 2 is 2.22 bits per heavy atom. The van der Waals surface area contributed by atoms with E-state index in [9.17, 15) is 10.1 Å². The summed E-state index contributed by atoms with van der Waals surface area (Å²) in [6.07, 6.45) is 2.94. The Kier molecular flexibility index (Phi) is 3.90. The Hall–Kier alpha value is -1.93. The molecule has 1 N–H and O–H groups in total. The van der Waals surface area contributed by atoms with Crippen LogP contribution in [0.3, 0.4) is 0 Å². The quantitative estimate of drug-likeness (QED) is 0.652. The fourth-order valence-corrected chi connectivity index (χ4v) is 2.44. The zero-order chi connectivity index (χ0) is 13.0. The summed E-state index contributed by atoms with van der Waals surface area (Å²) in [6.45, 7) is 0.444. The van der Waals surface area contributed by atoms with Crippen molar-refractivity contribution in [2.45, 2.75) is 31.8 Å². The van der Waals surface area contributed by atoms with Crippen LogP contribution in [0.25, 0.3) is 0 Å². The van der Waals surface area contributed by atoms with Crippen LogP contribution in [0.4, 0.5) is 5.69 Å². The van der Waals surface area contributed by atoms with Gasteiger partial charge in [0.1, 0.15) is 0 Å². The van der Waals surface area contributed by atoms with Gasteiger partial charge in [0.25, 0.3) is 5.69 Å². The minimum Gasteiger partial charge on any atom is -0.308 e. The summed E-state index contributed by atoms with van der Waals surface area (Å²) in [6, 6.07) is 9.17. The van der Waals surface area contributed by atoms with Gasteiger partial charge in [-0.3, -0.25) is 10.1 Å². The highest BCUT2D eigenvalue weighted by Gasteiger charge is 2.27. The van der Waals surface area contributed by atoms with Crippen molar-refractivity contribution in [1.82, 2.24) is 5.32 Å². The Bertz CT molecular complexity index is 481. The molecule has 1 aromatic rings. The average molecular weight is 245 g/mol. The molecule has 94 valence electrons. The number of benzene rings is 1. The lowest BCUT2D eigenvalue weighted by atomic mass is 10.1. The number of nitro benzene ring substituents is 1. The van der Waals surface area contributed by atoms with Crippen LogP contribution in [0.5, 0.6) is 0 Å². The van der Waals surface area contributed by atoms with Gasteiger partial charge in [0.05, 0.1) is 16.9 Å². The molecule has 0 saturated heterocycles. The van der Waals surface area contributed by atoms with Crippen LogP contribution in [0.1, 0.15) is 24.8 Å². The molecule has 1 aliphatic carbocycles. The number of nitro groups is 1. The van der Waals surface area contributed by atoms with Crippen molar-refractivity contribution in [2.24, 2.45) is 5.92 Å². The smallest absolute Gasteiger partial charge is 0.273 e. The molecule has 1 saturated carbocycles. The molecule has 0 aromatic heterocycles. The molecule has 2 atom stereocenters. The number of hydrogen-bond acceptors (Lipinski definition) is 4. The highest BCUT2D eigenvalue weighted by atomic mass is 16.6. The normalized spacial score (nSPS) is 22.6. The molecule has 0 spiro atoms. The molecule has 0 aliphatic heterocycles. The maximum absolute atomic E-state index is 10.9. The molecule has 0 heterocycles. The monoisotopic (exact) mass is 245 g/mol. The molecule has 2 rings (SSSR count). The number of nitrogens with zero attached hydrogens (tertiary/aromatic N) is 2. The van der Waals surface area contributed by atoms with Crippen LogP contribution in [-0.2, 0) is 6.54 Å². The van der Waals surface area contributed by atoms with Gasteiger partial charge in [-0.15, -0.1) is 0 Å². The summed E-state index contributed by atoms with van der Waals surface area (Å²) in [4.78, 5) is 10.5. The third-order valence-electron chi connectivity index (χ3n) is 3.42. The lowest BCUT2D eigenvalue weighted by molar-refractivity contribution is -0.385. The van der Waals surface area contributed by atoms with Crippen LogP contribution in [0.2, 0.25) is 0 Å². The summed E-state index contributed by atoms with van der Waals surface area (Å²) in [5.74, 6) is 0.0350. The fraction of sp³-hybridized carbons (Fsp3) is 0.462. The maximum Gasteiger partial charge on any atom is 0.273 e. The lowest BCUT2D eigenvalue weighted by Gasteiger charge is -2.15. The molecule has 1 fully saturated rings.